The molecular formula is C25H31NO6. The number of nitrogens with zero attached hydrogens (tertiary/aromatic N) is 1. The number of amides is 1. The highest BCUT2D eigenvalue weighted by Gasteiger charge is 2.57. The molecule has 7 nitrogen and oxygen atoms in total. The molecule has 1 amide bonds. The Balaban J connectivity index is 2.01. The van der Waals surface area contributed by atoms with Crippen LogP contribution in [0.3, 0.4) is 0 Å². The molecule has 1 aliphatic heterocycles. The number of β-lactam (4-membered cyclic amide) rings is 1. The van der Waals surface area contributed by atoms with E-state index >= 15 is 0 Å². The predicted octanol–water partition coefficient (Wildman–Crippen LogP) is 3.34. The molecule has 1 N–H and O–H groups in total. The molecule has 3 rings (SSSR count). The van der Waals surface area contributed by atoms with E-state index in [-0.39, 0.29) is 12.5 Å². The summed E-state index contributed by atoms with van der Waals surface area (Å²) in [6.45, 7) is 3.83. The van der Waals surface area contributed by atoms with Crippen molar-refractivity contribution in [3.05, 3.63) is 59.7 Å². The zero-order valence-corrected chi connectivity index (χ0v) is 19.0. The van der Waals surface area contributed by atoms with Gasteiger partial charge in [0, 0.05) is 0 Å². The van der Waals surface area contributed by atoms with Crippen molar-refractivity contribution in [2.24, 2.45) is 5.92 Å². The molecule has 32 heavy (non-hydrogen) atoms. The van der Waals surface area contributed by atoms with Crippen molar-refractivity contribution in [3.63, 3.8) is 0 Å². The first-order chi connectivity index (χ1) is 15.4. The molecule has 2 aromatic carbocycles. The van der Waals surface area contributed by atoms with Crippen molar-refractivity contribution in [1.29, 1.82) is 0 Å². The maximum absolute atomic E-state index is 13.2. The van der Waals surface area contributed by atoms with Crippen LogP contribution >= 0.6 is 0 Å². The summed E-state index contributed by atoms with van der Waals surface area (Å²) in [5.41, 5.74) is 1.64. The van der Waals surface area contributed by atoms with Crippen molar-refractivity contribution in [3.8, 4) is 11.5 Å². The zero-order chi connectivity index (χ0) is 23.3. The minimum absolute atomic E-state index is 0.283. The lowest BCUT2D eigenvalue weighted by atomic mass is 9.79. The summed E-state index contributed by atoms with van der Waals surface area (Å²) < 4.78 is 16.0. The Bertz CT molecular complexity index is 862. The third-order valence-electron chi connectivity index (χ3n) is 5.82. The average Bonchev–Trinajstić information content (AvgIpc) is 2.80. The standard InChI is InChI=1S/C25H31NO6/c1-5-6-15-32-25(29)23-21(16(2)27)24(28)26(23)22(17-7-11-19(30-3)12-8-17)18-9-13-20(31-4)14-10-18/h7-14,16,21-23,27H,5-6,15H2,1-4H3/t16-,21+,23+/m1/s1. The van der Waals surface area contributed by atoms with Gasteiger partial charge in [0.1, 0.15) is 17.5 Å². The second kappa shape index (κ2) is 10.5. The number of esters is 1. The first-order valence-electron chi connectivity index (χ1n) is 10.9. The van der Waals surface area contributed by atoms with Gasteiger partial charge in [-0.1, -0.05) is 37.6 Å². The van der Waals surface area contributed by atoms with E-state index in [2.05, 4.69) is 0 Å². The number of methoxy groups -OCH3 is 2. The van der Waals surface area contributed by atoms with Gasteiger partial charge in [0.2, 0.25) is 5.91 Å². The van der Waals surface area contributed by atoms with Crippen molar-refractivity contribution in [2.45, 2.75) is 44.9 Å². The van der Waals surface area contributed by atoms with Crippen LogP contribution in [0.1, 0.15) is 43.9 Å². The third-order valence-corrected chi connectivity index (χ3v) is 5.82. The van der Waals surface area contributed by atoms with Crippen molar-refractivity contribution < 1.29 is 28.9 Å². The summed E-state index contributed by atoms with van der Waals surface area (Å²) in [5.74, 6) is -0.225. The molecule has 172 valence electrons. The van der Waals surface area contributed by atoms with Gasteiger partial charge in [-0.2, -0.15) is 0 Å². The molecule has 1 fully saturated rings. The van der Waals surface area contributed by atoms with Crippen LogP contribution in [0.5, 0.6) is 11.5 Å². The number of ether oxygens (including phenoxy) is 3. The molecule has 1 heterocycles. The summed E-state index contributed by atoms with van der Waals surface area (Å²) >= 11 is 0. The fourth-order valence-electron chi connectivity index (χ4n) is 4.04. The Morgan fingerprint density at radius 2 is 1.50 bits per heavy atom. The first-order valence-corrected chi connectivity index (χ1v) is 10.9. The largest absolute Gasteiger partial charge is 0.497 e. The van der Waals surface area contributed by atoms with Gasteiger partial charge in [0.25, 0.3) is 0 Å². The predicted molar refractivity (Wildman–Crippen MR) is 120 cm³/mol. The number of rotatable bonds is 10. The molecule has 3 atom stereocenters. The summed E-state index contributed by atoms with van der Waals surface area (Å²) in [7, 11) is 3.18. The molecule has 7 heteroatoms. The Kier molecular flexibility index (Phi) is 7.75. The summed E-state index contributed by atoms with van der Waals surface area (Å²) in [4.78, 5) is 27.7. The van der Waals surface area contributed by atoms with Crippen LogP contribution in [0, 0.1) is 5.92 Å². The fourth-order valence-corrected chi connectivity index (χ4v) is 4.04. The third kappa shape index (κ3) is 4.72. The van der Waals surface area contributed by atoms with Crippen LogP contribution in [0.2, 0.25) is 0 Å². The molecule has 2 aromatic rings. The van der Waals surface area contributed by atoms with Gasteiger partial charge in [-0.05, 0) is 48.7 Å². The molecule has 0 aromatic heterocycles. The molecule has 0 radical (unpaired) electrons. The minimum atomic E-state index is -0.963. The number of aliphatic hydroxyl groups excluding tert-OH is 1. The van der Waals surface area contributed by atoms with E-state index in [4.69, 9.17) is 14.2 Å². The van der Waals surface area contributed by atoms with Crippen LogP contribution in [0.15, 0.2) is 48.5 Å². The SMILES string of the molecule is CCCCOC(=O)[C@@H]1[C@H]([C@@H](C)O)C(=O)N1C(c1ccc(OC)cc1)c1ccc(OC)cc1. The molecule has 0 unspecified atom stereocenters. The monoisotopic (exact) mass is 441 g/mol. The quantitative estimate of drug-likeness (QED) is 0.346. The van der Waals surface area contributed by atoms with E-state index in [0.29, 0.717) is 11.5 Å². The van der Waals surface area contributed by atoms with Crippen LogP contribution in [0.4, 0.5) is 0 Å². The van der Waals surface area contributed by atoms with Gasteiger partial charge in [0.05, 0.1) is 38.9 Å². The topological polar surface area (TPSA) is 85.3 Å². The Labute approximate surface area is 188 Å². The molecule has 0 saturated carbocycles. The number of likely N-dealkylation sites (tertiary alicyclic amines) is 1. The highest BCUT2D eigenvalue weighted by Crippen LogP contribution is 2.42. The van der Waals surface area contributed by atoms with E-state index in [1.54, 1.807) is 14.2 Å². The van der Waals surface area contributed by atoms with E-state index in [0.717, 1.165) is 24.0 Å². The second-order valence-corrected chi connectivity index (χ2v) is 7.93. The highest BCUT2D eigenvalue weighted by atomic mass is 16.5. The van der Waals surface area contributed by atoms with Gasteiger partial charge in [-0.15, -0.1) is 0 Å². The number of carbonyl (C=O) groups is 2. The van der Waals surface area contributed by atoms with Gasteiger partial charge in [-0.3, -0.25) is 4.79 Å². The lowest BCUT2D eigenvalue weighted by Gasteiger charge is -2.50. The van der Waals surface area contributed by atoms with Gasteiger partial charge >= 0.3 is 5.97 Å². The molecule has 1 saturated heterocycles. The normalized spacial score (nSPS) is 18.8. The number of benzene rings is 2. The number of hydrogen-bond acceptors (Lipinski definition) is 6. The molecule has 0 bridgehead atoms. The summed E-state index contributed by atoms with van der Waals surface area (Å²) in [6.07, 6.45) is 0.669. The zero-order valence-electron chi connectivity index (χ0n) is 19.0. The van der Waals surface area contributed by atoms with E-state index < -0.39 is 30.1 Å². The van der Waals surface area contributed by atoms with E-state index in [1.165, 1.54) is 11.8 Å². The Hall–Kier alpha value is -3.06. The lowest BCUT2D eigenvalue weighted by Crippen LogP contribution is -2.68. The Morgan fingerprint density at radius 3 is 1.91 bits per heavy atom. The smallest absolute Gasteiger partial charge is 0.329 e. The molecular weight excluding hydrogens is 410 g/mol. The number of hydrogen-bond donors (Lipinski definition) is 1. The van der Waals surface area contributed by atoms with Crippen LogP contribution < -0.4 is 9.47 Å². The maximum Gasteiger partial charge on any atom is 0.329 e. The number of carbonyl (C=O) groups excluding carboxylic acids is 2. The van der Waals surface area contributed by atoms with E-state index in [1.807, 2.05) is 55.5 Å². The highest BCUT2D eigenvalue weighted by molar-refractivity contribution is 5.98. The van der Waals surface area contributed by atoms with Gasteiger partial charge < -0.3 is 24.2 Å². The minimum Gasteiger partial charge on any atom is -0.497 e. The number of aliphatic hydroxyl groups is 1. The summed E-state index contributed by atoms with van der Waals surface area (Å²) in [5, 5.41) is 10.2. The van der Waals surface area contributed by atoms with Crippen molar-refractivity contribution >= 4 is 11.9 Å². The van der Waals surface area contributed by atoms with E-state index in [9.17, 15) is 14.7 Å². The van der Waals surface area contributed by atoms with Gasteiger partial charge in [0.15, 0.2) is 0 Å². The molecule has 0 aliphatic carbocycles. The van der Waals surface area contributed by atoms with Gasteiger partial charge in [-0.25, -0.2) is 4.79 Å². The van der Waals surface area contributed by atoms with Crippen LogP contribution in [-0.2, 0) is 14.3 Å². The second-order valence-electron chi connectivity index (χ2n) is 7.93. The van der Waals surface area contributed by atoms with Crippen LogP contribution in [-0.4, -0.2) is 54.9 Å². The van der Waals surface area contributed by atoms with Crippen LogP contribution in [0.25, 0.3) is 0 Å². The fraction of sp³-hybridized carbons (Fsp3) is 0.440. The molecule has 0 spiro atoms. The Morgan fingerprint density at radius 1 is 1.00 bits per heavy atom. The summed E-state index contributed by atoms with van der Waals surface area (Å²) in [6, 6.07) is 13.4. The van der Waals surface area contributed by atoms with Crippen molar-refractivity contribution in [1.82, 2.24) is 4.90 Å². The first kappa shape index (κ1) is 23.6. The average molecular weight is 442 g/mol. The maximum atomic E-state index is 13.2. The molecule has 1 aliphatic rings. The van der Waals surface area contributed by atoms with Crippen molar-refractivity contribution in [2.75, 3.05) is 20.8 Å². The lowest BCUT2D eigenvalue weighted by molar-refractivity contribution is -0.183. The number of unbranched alkanes of at least 4 members (excludes halogenated alkanes) is 1.